The Morgan fingerprint density at radius 2 is 1.18 bits per heavy atom. The summed E-state index contributed by atoms with van der Waals surface area (Å²) in [5, 5.41) is 0. The molecule has 2 amide bonds. The highest BCUT2D eigenvalue weighted by atomic mass is 16.5. The van der Waals surface area contributed by atoms with E-state index in [4.69, 9.17) is 4.74 Å². The van der Waals surface area contributed by atoms with Crippen LogP contribution in [0, 0.1) is 17.8 Å². The van der Waals surface area contributed by atoms with Gasteiger partial charge in [-0.15, -0.1) is 0 Å². The van der Waals surface area contributed by atoms with Gasteiger partial charge in [-0.3, -0.25) is 24.1 Å². The van der Waals surface area contributed by atoms with Crippen LogP contribution in [0.2, 0.25) is 0 Å². The summed E-state index contributed by atoms with van der Waals surface area (Å²) in [6, 6.07) is 22.8. The van der Waals surface area contributed by atoms with Gasteiger partial charge in [0.25, 0.3) is 0 Å². The van der Waals surface area contributed by atoms with Crippen molar-refractivity contribution >= 4 is 24.1 Å². The zero-order chi connectivity index (χ0) is 26.0. The molecule has 5 aliphatic rings. The van der Waals surface area contributed by atoms with Crippen LogP contribution in [0.1, 0.15) is 70.1 Å². The minimum Gasteiger partial charge on any atom is -0.426 e. The fraction of sp³-hybridized carbons (Fsp3) is 0.312. The van der Waals surface area contributed by atoms with Crippen LogP contribution in [-0.2, 0) is 14.4 Å². The first kappa shape index (κ1) is 23.1. The van der Waals surface area contributed by atoms with Crippen molar-refractivity contribution in [1.29, 1.82) is 0 Å². The van der Waals surface area contributed by atoms with Crippen molar-refractivity contribution in [3.05, 3.63) is 101 Å². The Bertz CT molecular complexity index is 1350. The van der Waals surface area contributed by atoms with E-state index in [2.05, 4.69) is 24.3 Å². The number of nitrogens with zero attached hydrogens (tertiary/aromatic N) is 1. The molecule has 38 heavy (non-hydrogen) atoms. The Balaban J connectivity index is 1.10. The molecule has 1 saturated carbocycles. The summed E-state index contributed by atoms with van der Waals surface area (Å²) < 4.78 is 5.54. The lowest BCUT2D eigenvalue weighted by molar-refractivity contribution is -0.144. The summed E-state index contributed by atoms with van der Waals surface area (Å²) in [5.41, 5.74) is 5.22. The van der Waals surface area contributed by atoms with Crippen molar-refractivity contribution in [2.75, 3.05) is 0 Å². The lowest BCUT2D eigenvalue weighted by Gasteiger charge is -2.45. The van der Waals surface area contributed by atoms with E-state index >= 15 is 0 Å². The van der Waals surface area contributed by atoms with Crippen molar-refractivity contribution < 1.29 is 23.9 Å². The summed E-state index contributed by atoms with van der Waals surface area (Å²) in [6.45, 7) is 0. The molecular weight excluding hydrogens is 478 g/mol. The van der Waals surface area contributed by atoms with E-state index in [-0.39, 0.29) is 53.4 Å². The van der Waals surface area contributed by atoms with E-state index in [1.165, 1.54) is 22.3 Å². The zero-order valence-electron chi connectivity index (χ0n) is 20.8. The van der Waals surface area contributed by atoms with Gasteiger partial charge in [0.1, 0.15) is 12.0 Å². The molecule has 1 aliphatic heterocycles. The maximum Gasteiger partial charge on any atom is 0.314 e. The number of ether oxygens (including phenoxy) is 1. The van der Waals surface area contributed by atoms with Gasteiger partial charge in [-0.2, -0.15) is 0 Å². The number of imide groups is 1. The van der Waals surface area contributed by atoms with Gasteiger partial charge in [0, 0.05) is 23.4 Å². The van der Waals surface area contributed by atoms with Crippen molar-refractivity contribution in [3.8, 4) is 5.75 Å². The van der Waals surface area contributed by atoms with Crippen molar-refractivity contribution in [1.82, 2.24) is 4.90 Å². The third-order valence-electron chi connectivity index (χ3n) is 9.11. The molecule has 0 aromatic heterocycles. The minimum absolute atomic E-state index is 0.0553. The Morgan fingerprint density at radius 1 is 0.711 bits per heavy atom. The second kappa shape index (κ2) is 8.76. The molecular formula is C32H27NO5. The normalized spacial score (nSPS) is 28.9. The average molecular weight is 506 g/mol. The van der Waals surface area contributed by atoms with Gasteiger partial charge in [0.2, 0.25) is 11.8 Å². The summed E-state index contributed by atoms with van der Waals surface area (Å²) >= 11 is 0. The molecule has 6 heteroatoms. The molecule has 0 unspecified atom stereocenters. The minimum atomic E-state index is -0.366. The first-order chi connectivity index (χ1) is 18.6. The molecule has 2 bridgehead atoms. The van der Waals surface area contributed by atoms with E-state index in [9.17, 15) is 19.2 Å². The molecule has 8 rings (SSSR count). The molecule has 2 fully saturated rings. The van der Waals surface area contributed by atoms with Crippen LogP contribution in [0.4, 0.5) is 0 Å². The molecule has 2 atom stereocenters. The van der Waals surface area contributed by atoms with E-state index in [0.29, 0.717) is 37.0 Å². The largest absolute Gasteiger partial charge is 0.426 e. The molecule has 6 nitrogen and oxygen atoms in total. The first-order valence-corrected chi connectivity index (χ1v) is 13.4. The Morgan fingerprint density at radius 3 is 1.63 bits per heavy atom. The molecule has 1 heterocycles. The number of rotatable bonds is 4. The molecule has 3 aromatic rings. The number of carbonyl (C=O) groups is 4. The smallest absolute Gasteiger partial charge is 0.314 e. The van der Waals surface area contributed by atoms with Crippen LogP contribution in [0.5, 0.6) is 5.75 Å². The maximum atomic E-state index is 14.0. The predicted molar refractivity (Wildman–Crippen MR) is 139 cm³/mol. The van der Waals surface area contributed by atoms with E-state index < -0.39 is 0 Å². The van der Waals surface area contributed by atoms with Crippen molar-refractivity contribution in [2.45, 2.75) is 43.6 Å². The highest BCUT2D eigenvalue weighted by Gasteiger charge is 2.62. The molecule has 0 radical (unpaired) electrons. The van der Waals surface area contributed by atoms with Gasteiger partial charge < -0.3 is 4.74 Å². The number of benzene rings is 3. The monoisotopic (exact) mass is 505 g/mol. The third-order valence-corrected chi connectivity index (χ3v) is 9.11. The molecule has 0 spiro atoms. The average Bonchev–Trinajstić information content (AvgIpc) is 3.23. The van der Waals surface area contributed by atoms with Crippen LogP contribution in [0.25, 0.3) is 0 Å². The fourth-order valence-electron chi connectivity index (χ4n) is 7.44. The molecule has 0 N–H and O–H groups in total. The zero-order valence-corrected chi connectivity index (χ0v) is 20.8. The second-order valence-electron chi connectivity index (χ2n) is 10.9. The number of esters is 1. The Kier molecular flexibility index (Phi) is 5.32. The Hall–Kier alpha value is -4.06. The number of amides is 2. The SMILES string of the molecule is O=Cc1ccc(OC(=O)C2CCC(N3C(=O)[C@@H]4C5c6ccccc6C(c6ccccc65)[C@H]4C3=O)CC2)cc1. The number of likely N-dealkylation sites (tertiary alicyclic amines) is 1. The highest BCUT2D eigenvalue weighted by molar-refractivity contribution is 6.08. The van der Waals surface area contributed by atoms with Gasteiger partial charge >= 0.3 is 5.97 Å². The molecule has 3 aromatic carbocycles. The number of carbonyl (C=O) groups excluding carboxylic acids is 4. The standard InChI is InChI=1S/C32H27NO5/c34-17-18-9-15-21(16-10-18)38-32(37)19-11-13-20(14-12-19)33-30(35)28-26-22-5-1-2-6-23(22)27(29(28)31(33)36)25-8-4-3-7-24(25)26/h1-10,15-17,19-20,26-29H,11-14H2/t19?,20?,26?,27?,28-,29-/m1/s1. The predicted octanol–water partition coefficient (Wildman–Crippen LogP) is 4.86. The first-order valence-electron chi connectivity index (χ1n) is 13.4. The molecule has 4 aliphatic carbocycles. The van der Waals surface area contributed by atoms with E-state index in [1.54, 1.807) is 29.2 Å². The van der Waals surface area contributed by atoms with Gasteiger partial charge in [-0.25, -0.2) is 0 Å². The maximum absolute atomic E-state index is 14.0. The van der Waals surface area contributed by atoms with E-state index in [0.717, 1.165) is 6.29 Å². The Labute approximate surface area is 220 Å². The van der Waals surface area contributed by atoms with Crippen LogP contribution in [-0.4, -0.2) is 35.0 Å². The van der Waals surface area contributed by atoms with Gasteiger partial charge in [-0.05, 0) is 72.2 Å². The number of hydrogen-bond donors (Lipinski definition) is 0. The van der Waals surface area contributed by atoms with Crippen LogP contribution in [0.15, 0.2) is 72.8 Å². The van der Waals surface area contributed by atoms with Crippen molar-refractivity contribution in [2.24, 2.45) is 17.8 Å². The summed E-state index contributed by atoms with van der Waals surface area (Å²) in [6.07, 6.45) is 3.06. The number of hydrogen-bond acceptors (Lipinski definition) is 5. The number of aldehydes is 1. The second-order valence-corrected chi connectivity index (χ2v) is 10.9. The van der Waals surface area contributed by atoms with Crippen molar-refractivity contribution in [3.63, 3.8) is 0 Å². The molecule has 1 saturated heterocycles. The lowest BCUT2D eigenvalue weighted by atomic mass is 9.55. The molecule has 190 valence electrons. The summed E-state index contributed by atoms with van der Waals surface area (Å²) in [4.78, 5) is 53.1. The summed E-state index contributed by atoms with van der Waals surface area (Å²) in [7, 11) is 0. The summed E-state index contributed by atoms with van der Waals surface area (Å²) in [5.74, 6) is -1.22. The van der Waals surface area contributed by atoms with E-state index in [1.807, 2.05) is 24.3 Å². The van der Waals surface area contributed by atoms with Crippen LogP contribution in [0.3, 0.4) is 0 Å². The highest BCUT2D eigenvalue weighted by Crippen LogP contribution is 2.61. The van der Waals surface area contributed by atoms with Crippen LogP contribution < -0.4 is 4.74 Å². The van der Waals surface area contributed by atoms with Crippen LogP contribution >= 0.6 is 0 Å². The third kappa shape index (κ3) is 3.32. The topological polar surface area (TPSA) is 80.8 Å². The van der Waals surface area contributed by atoms with Gasteiger partial charge in [-0.1, -0.05) is 48.5 Å². The van der Waals surface area contributed by atoms with Gasteiger partial charge in [0.15, 0.2) is 0 Å². The lowest BCUT2D eigenvalue weighted by Crippen LogP contribution is -2.44. The fourth-order valence-corrected chi connectivity index (χ4v) is 7.44. The quantitative estimate of drug-likeness (QED) is 0.219. The van der Waals surface area contributed by atoms with Gasteiger partial charge in [0.05, 0.1) is 17.8 Å².